The SMILES string of the molecule is CC(C)OCC(C)(N)c1noc(-c2c(F)cccc2Br)n1. The second-order valence-corrected chi connectivity index (χ2v) is 6.15. The van der Waals surface area contributed by atoms with Gasteiger partial charge in [0.25, 0.3) is 5.89 Å². The van der Waals surface area contributed by atoms with E-state index >= 15 is 0 Å². The van der Waals surface area contributed by atoms with Crippen LogP contribution in [0.3, 0.4) is 0 Å². The van der Waals surface area contributed by atoms with E-state index in [0.29, 0.717) is 4.47 Å². The summed E-state index contributed by atoms with van der Waals surface area (Å²) in [6.45, 7) is 5.80. The Bertz CT molecular complexity index is 608. The van der Waals surface area contributed by atoms with Crippen LogP contribution in [0.5, 0.6) is 0 Å². The van der Waals surface area contributed by atoms with Gasteiger partial charge in [-0.15, -0.1) is 0 Å². The molecule has 1 unspecified atom stereocenters. The first-order chi connectivity index (χ1) is 9.81. The molecule has 1 aromatic heterocycles. The molecular formula is C14H17BrFN3O2. The predicted molar refractivity (Wildman–Crippen MR) is 80.0 cm³/mol. The molecule has 114 valence electrons. The van der Waals surface area contributed by atoms with Gasteiger partial charge in [-0.1, -0.05) is 11.2 Å². The highest BCUT2D eigenvalue weighted by atomic mass is 79.9. The molecule has 0 saturated carbocycles. The van der Waals surface area contributed by atoms with Gasteiger partial charge in [-0.05, 0) is 48.8 Å². The Labute approximate surface area is 130 Å². The third-order valence-electron chi connectivity index (χ3n) is 2.83. The summed E-state index contributed by atoms with van der Waals surface area (Å²) in [6.07, 6.45) is 0.0416. The van der Waals surface area contributed by atoms with Crippen molar-refractivity contribution in [3.8, 4) is 11.5 Å². The molecule has 0 aliphatic carbocycles. The van der Waals surface area contributed by atoms with E-state index in [1.807, 2.05) is 13.8 Å². The lowest BCUT2D eigenvalue weighted by molar-refractivity contribution is 0.0410. The van der Waals surface area contributed by atoms with E-state index in [1.165, 1.54) is 6.07 Å². The third kappa shape index (κ3) is 3.66. The van der Waals surface area contributed by atoms with Crippen molar-refractivity contribution < 1.29 is 13.7 Å². The van der Waals surface area contributed by atoms with Crippen molar-refractivity contribution in [2.24, 2.45) is 5.73 Å². The van der Waals surface area contributed by atoms with E-state index in [1.54, 1.807) is 19.1 Å². The Morgan fingerprint density at radius 2 is 2.19 bits per heavy atom. The van der Waals surface area contributed by atoms with Crippen molar-refractivity contribution >= 4 is 15.9 Å². The third-order valence-corrected chi connectivity index (χ3v) is 3.49. The van der Waals surface area contributed by atoms with Crippen LogP contribution < -0.4 is 5.73 Å². The molecule has 1 aromatic carbocycles. The summed E-state index contributed by atoms with van der Waals surface area (Å²) in [4.78, 5) is 4.20. The maximum absolute atomic E-state index is 13.9. The van der Waals surface area contributed by atoms with Gasteiger partial charge in [-0.3, -0.25) is 0 Å². The maximum Gasteiger partial charge on any atom is 0.262 e. The smallest absolute Gasteiger partial charge is 0.262 e. The second kappa shape index (κ2) is 6.21. The minimum Gasteiger partial charge on any atom is -0.376 e. The number of halogens is 2. The van der Waals surface area contributed by atoms with Gasteiger partial charge >= 0.3 is 0 Å². The van der Waals surface area contributed by atoms with Gasteiger partial charge in [0.2, 0.25) is 0 Å². The maximum atomic E-state index is 13.9. The minimum absolute atomic E-state index is 0.0416. The Hall–Kier alpha value is -1.31. The fourth-order valence-corrected chi connectivity index (χ4v) is 2.18. The lowest BCUT2D eigenvalue weighted by atomic mass is 10.1. The van der Waals surface area contributed by atoms with Crippen molar-refractivity contribution in [3.63, 3.8) is 0 Å². The molecule has 2 rings (SSSR count). The van der Waals surface area contributed by atoms with E-state index in [9.17, 15) is 4.39 Å². The normalized spacial score (nSPS) is 14.4. The molecule has 7 heteroatoms. The first-order valence-electron chi connectivity index (χ1n) is 6.50. The van der Waals surface area contributed by atoms with Gasteiger partial charge in [0.05, 0.1) is 18.3 Å². The topological polar surface area (TPSA) is 74.2 Å². The molecule has 2 N–H and O–H groups in total. The summed E-state index contributed by atoms with van der Waals surface area (Å²) >= 11 is 3.27. The van der Waals surface area contributed by atoms with Gasteiger partial charge in [-0.25, -0.2) is 4.39 Å². The molecule has 1 atom stereocenters. The van der Waals surface area contributed by atoms with Gasteiger partial charge in [0, 0.05) is 4.47 Å². The molecule has 0 saturated heterocycles. The fraction of sp³-hybridized carbons (Fsp3) is 0.429. The molecule has 0 aliphatic rings. The summed E-state index contributed by atoms with van der Waals surface area (Å²) in [5.41, 5.74) is 5.44. The molecule has 5 nitrogen and oxygen atoms in total. The minimum atomic E-state index is -0.913. The Morgan fingerprint density at radius 1 is 1.48 bits per heavy atom. The number of rotatable bonds is 5. The molecule has 0 fully saturated rings. The van der Waals surface area contributed by atoms with Crippen molar-refractivity contribution in [1.82, 2.24) is 10.1 Å². The van der Waals surface area contributed by atoms with Crippen LogP contribution in [0, 0.1) is 5.82 Å². The van der Waals surface area contributed by atoms with Gasteiger partial charge in [-0.2, -0.15) is 4.98 Å². The van der Waals surface area contributed by atoms with E-state index in [2.05, 4.69) is 26.1 Å². The summed E-state index contributed by atoms with van der Waals surface area (Å²) in [7, 11) is 0. The van der Waals surface area contributed by atoms with Crippen molar-refractivity contribution in [3.05, 3.63) is 34.3 Å². The molecule has 0 aliphatic heterocycles. The van der Waals surface area contributed by atoms with Crippen LogP contribution in [0.15, 0.2) is 27.2 Å². The second-order valence-electron chi connectivity index (χ2n) is 5.30. The Kier molecular flexibility index (Phi) is 4.75. The highest BCUT2D eigenvalue weighted by molar-refractivity contribution is 9.10. The van der Waals surface area contributed by atoms with Crippen LogP contribution in [0.25, 0.3) is 11.5 Å². The number of ether oxygens (including phenoxy) is 1. The van der Waals surface area contributed by atoms with Crippen LogP contribution in [0.4, 0.5) is 4.39 Å². The number of aromatic nitrogens is 2. The van der Waals surface area contributed by atoms with E-state index < -0.39 is 11.4 Å². The summed E-state index contributed by atoms with van der Waals surface area (Å²) in [6, 6.07) is 4.61. The van der Waals surface area contributed by atoms with Crippen LogP contribution in [-0.2, 0) is 10.3 Å². The average molecular weight is 358 g/mol. The highest BCUT2D eigenvalue weighted by Crippen LogP contribution is 2.30. The van der Waals surface area contributed by atoms with E-state index in [0.717, 1.165) is 0 Å². The highest BCUT2D eigenvalue weighted by Gasteiger charge is 2.29. The number of nitrogens with zero attached hydrogens (tertiary/aromatic N) is 2. The molecular weight excluding hydrogens is 341 g/mol. The Morgan fingerprint density at radius 3 is 2.81 bits per heavy atom. The van der Waals surface area contributed by atoms with Gasteiger partial charge in [0.15, 0.2) is 5.82 Å². The lowest BCUT2D eigenvalue weighted by Gasteiger charge is -2.21. The number of hydrogen-bond donors (Lipinski definition) is 1. The molecule has 21 heavy (non-hydrogen) atoms. The van der Waals surface area contributed by atoms with Gasteiger partial charge < -0.3 is 15.0 Å². The average Bonchev–Trinajstić information content (AvgIpc) is 2.86. The van der Waals surface area contributed by atoms with Crippen molar-refractivity contribution in [2.45, 2.75) is 32.4 Å². The Balaban J connectivity index is 2.29. The lowest BCUT2D eigenvalue weighted by Crippen LogP contribution is -2.40. The summed E-state index contributed by atoms with van der Waals surface area (Å²) < 4.78 is 25.1. The first-order valence-corrected chi connectivity index (χ1v) is 7.29. The zero-order valence-corrected chi connectivity index (χ0v) is 13.6. The van der Waals surface area contributed by atoms with Crippen molar-refractivity contribution in [2.75, 3.05) is 6.61 Å². The summed E-state index contributed by atoms with van der Waals surface area (Å²) in [5, 5.41) is 3.85. The van der Waals surface area contributed by atoms with Crippen molar-refractivity contribution in [1.29, 1.82) is 0 Å². The molecule has 0 radical (unpaired) electrons. The van der Waals surface area contributed by atoms with Crippen LogP contribution in [0.2, 0.25) is 0 Å². The molecule has 1 heterocycles. The van der Waals surface area contributed by atoms with E-state index in [4.69, 9.17) is 15.0 Å². The molecule has 0 bridgehead atoms. The largest absolute Gasteiger partial charge is 0.376 e. The summed E-state index contributed by atoms with van der Waals surface area (Å²) in [5.74, 6) is -0.0961. The molecule has 0 amide bonds. The molecule has 0 spiro atoms. The van der Waals surface area contributed by atoms with Crippen LogP contribution >= 0.6 is 15.9 Å². The van der Waals surface area contributed by atoms with Crippen LogP contribution in [0.1, 0.15) is 26.6 Å². The number of nitrogens with two attached hydrogens (primary N) is 1. The van der Waals surface area contributed by atoms with E-state index in [-0.39, 0.29) is 30.0 Å². The molecule has 2 aromatic rings. The van der Waals surface area contributed by atoms with Crippen LogP contribution in [-0.4, -0.2) is 22.9 Å². The predicted octanol–water partition coefficient (Wildman–Crippen LogP) is 3.24. The monoisotopic (exact) mass is 357 g/mol. The zero-order valence-electron chi connectivity index (χ0n) is 12.1. The zero-order chi connectivity index (χ0) is 15.6. The number of benzene rings is 1. The van der Waals surface area contributed by atoms with Gasteiger partial charge in [0.1, 0.15) is 11.4 Å². The number of hydrogen-bond acceptors (Lipinski definition) is 5. The first kappa shape index (κ1) is 16.1. The fourth-order valence-electron chi connectivity index (χ4n) is 1.66. The standard InChI is InChI=1S/C14H17BrFN3O2/c1-8(2)20-7-14(3,17)13-18-12(21-19-13)11-9(15)5-4-6-10(11)16/h4-6,8H,7,17H2,1-3H3. The quantitative estimate of drug-likeness (QED) is 0.888.